The molecule has 2 aromatic rings. The molecule has 0 aromatic heterocycles. The predicted molar refractivity (Wildman–Crippen MR) is 115 cm³/mol. The summed E-state index contributed by atoms with van der Waals surface area (Å²) < 4.78 is 50.7. The standard InChI is InChI=1S/C24H26BrF3O2/c25-23-14-13-21(16-22(23)24(26,27)28)30-20-11-9-18(10-12-20)6-4-5-15-29-17-19-7-2-1-3-8-19/h1-4,6-8,13-14,16,18,20H,5,9-12,15,17H2/b6-4+. The Morgan fingerprint density at radius 1 is 1.00 bits per heavy atom. The number of ether oxygens (including phenoxy) is 2. The van der Waals surface area contributed by atoms with Gasteiger partial charge >= 0.3 is 6.18 Å². The Kier molecular flexibility index (Phi) is 8.40. The topological polar surface area (TPSA) is 18.5 Å². The van der Waals surface area contributed by atoms with E-state index in [9.17, 15) is 13.2 Å². The second-order valence-electron chi connectivity index (χ2n) is 7.55. The summed E-state index contributed by atoms with van der Waals surface area (Å²) in [5.41, 5.74) is 0.471. The maximum absolute atomic E-state index is 13.0. The lowest BCUT2D eigenvalue weighted by molar-refractivity contribution is -0.138. The van der Waals surface area contributed by atoms with E-state index in [1.165, 1.54) is 11.6 Å². The highest BCUT2D eigenvalue weighted by Crippen LogP contribution is 2.38. The van der Waals surface area contributed by atoms with E-state index in [0.29, 0.717) is 19.1 Å². The fourth-order valence-corrected chi connectivity index (χ4v) is 4.06. The lowest BCUT2D eigenvalue weighted by Crippen LogP contribution is -2.23. The van der Waals surface area contributed by atoms with Crippen LogP contribution in [0.15, 0.2) is 65.2 Å². The van der Waals surface area contributed by atoms with E-state index in [2.05, 4.69) is 40.2 Å². The molecule has 2 aromatic carbocycles. The van der Waals surface area contributed by atoms with E-state index in [0.717, 1.165) is 38.2 Å². The van der Waals surface area contributed by atoms with Crippen LogP contribution in [-0.4, -0.2) is 12.7 Å². The number of allylic oxidation sites excluding steroid dienone is 1. The zero-order valence-electron chi connectivity index (χ0n) is 16.7. The van der Waals surface area contributed by atoms with Crippen molar-refractivity contribution in [3.8, 4) is 5.75 Å². The smallest absolute Gasteiger partial charge is 0.417 e. The van der Waals surface area contributed by atoms with Gasteiger partial charge in [0, 0.05) is 4.47 Å². The molecule has 1 saturated carbocycles. The summed E-state index contributed by atoms with van der Waals surface area (Å²) in [6.45, 7) is 1.32. The Morgan fingerprint density at radius 2 is 1.73 bits per heavy atom. The van der Waals surface area contributed by atoms with Gasteiger partial charge in [0.25, 0.3) is 0 Å². The molecule has 30 heavy (non-hydrogen) atoms. The molecule has 0 N–H and O–H groups in total. The molecule has 162 valence electrons. The van der Waals surface area contributed by atoms with Crippen LogP contribution < -0.4 is 4.74 Å². The van der Waals surface area contributed by atoms with Crippen LogP contribution in [0.5, 0.6) is 5.75 Å². The second-order valence-corrected chi connectivity index (χ2v) is 8.40. The number of halogens is 4. The van der Waals surface area contributed by atoms with Crippen molar-refractivity contribution >= 4 is 15.9 Å². The Labute approximate surface area is 184 Å². The van der Waals surface area contributed by atoms with Crippen molar-refractivity contribution in [1.29, 1.82) is 0 Å². The molecule has 6 heteroatoms. The molecule has 0 saturated heterocycles. The van der Waals surface area contributed by atoms with E-state index in [-0.39, 0.29) is 16.3 Å². The minimum atomic E-state index is -4.40. The van der Waals surface area contributed by atoms with Crippen molar-refractivity contribution in [2.75, 3.05) is 6.61 Å². The molecule has 0 spiro atoms. The van der Waals surface area contributed by atoms with Crippen LogP contribution in [-0.2, 0) is 17.5 Å². The van der Waals surface area contributed by atoms with Gasteiger partial charge in [-0.2, -0.15) is 13.2 Å². The summed E-state index contributed by atoms with van der Waals surface area (Å²) in [7, 11) is 0. The van der Waals surface area contributed by atoms with Crippen molar-refractivity contribution in [2.45, 2.75) is 51.0 Å². The van der Waals surface area contributed by atoms with Gasteiger partial charge in [0.15, 0.2) is 0 Å². The van der Waals surface area contributed by atoms with Gasteiger partial charge in [0.05, 0.1) is 24.9 Å². The fourth-order valence-electron chi connectivity index (χ4n) is 3.59. The van der Waals surface area contributed by atoms with Crippen LogP contribution >= 0.6 is 15.9 Å². The highest BCUT2D eigenvalue weighted by molar-refractivity contribution is 9.10. The first-order chi connectivity index (χ1) is 14.4. The van der Waals surface area contributed by atoms with Crippen LogP contribution in [0.4, 0.5) is 13.2 Å². The summed E-state index contributed by atoms with van der Waals surface area (Å²) in [6, 6.07) is 14.2. The Bertz CT molecular complexity index is 813. The van der Waals surface area contributed by atoms with Gasteiger partial charge in [0.2, 0.25) is 0 Å². The average Bonchev–Trinajstić information content (AvgIpc) is 2.73. The van der Waals surface area contributed by atoms with Gasteiger partial charge < -0.3 is 9.47 Å². The van der Waals surface area contributed by atoms with E-state index < -0.39 is 11.7 Å². The summed E-state index contributed by atoms with van der Waals surface area (Å²) in [5.74, 6) is 0.773. The maximum Gasteiger partial charge on any atom is 0.417 e. The first-order valence-corrected chi connectivity index (χ1v) is 11.0. The highest BCUT2D eigenvalue weighted by atomic mass is 79.9. The lowest BCUT2D eigenvalue weighted by atomic mass is 9.87. The monoisotopic (exact) mass is 482 g/mol. The maximum atomic E-state index is 13.0. The molecular formula is C24H26BrF3O2. The van der Waals surface area contributed by atoms with Gasteiger partial charge in [-0.15, -0.1) is 0 Å². The van der Waals surface area contributed by atoms with Gasteiger partial charge in [-0.1, -0.05) is 58.4 Å². The molecule has 0 amide bonds. The van der Waals surface area contributed by atoms with Crippen molar-refractivity contribution < 1.29 is 22.6 Å². The molecule has 0 heterocycles. The van der Waals surface area contributed by atoms with Crippen molar-refractivity contribution in [2.24, 2.45) is 5.92 Å². The SMILES string of the molecule is FC(F)(F)c1cc(OC2CCC(/C=C/CCOCc3ccccc3)CC2)ccc1Br. The highest BCUT2D eigenvalue weighted by Gasteiger charge is 2.33. The summed E-state index contributed by atoms with van der Waals surface area (Å²) in [6.07, 6.45) is 4.50. The third kappa shape index (κ3) is 7.17. The molecule has 0 bridgehead atoms. The van der Waals surface area contributed by atoms with Crippen molar-refractivity contribution in [3.63, 3.8) is 0 Å². The van der Waals surface area contributed by atoms with Crippen molar-refractivity contribution in [1.82, 2.24) is 0 Å². The molecule has 0 unspecified atom stereocenters. The Hall–Kier alpha value is -1.79. The molecule has 1 aliphatic rings. The third-order valence-electron chi connectivity index (χ3n) is 5.21. The average molecular weight is 483 g/mol. The van der Waals surface area contributed by atoms with E-state index in [1.54, 1.807) is 6.07 Å². The minimum Gasteiger partial charge on any atom is -0.490 e. The number of hydrogen-bond donors (Lipinski definition) is 0. The molecule has 0 aliphatic heterocycles. The molecule has 0 radical (unpaired) electrons. The summed E-state index contributed by atoms with van der Waals surface area (Å²) >= 11 is 2.96. The first-order valence-electron chi connectivity index (χ1n) is 10.2. The number of rotatable bonds is 8. The van der Waals surface area contributed by atoms with Gasteiger partial charge in [-0.05, 0) is 61.8 Å². The third-order valence-corrected chi connectivity index (χ3v) is 5.90. The van der Waals surface area contributed by atoms with E-state index >= 15 is 0 Å². The molecule has 2 nitrogen and oxygen atoms in total. The minimum absolute atomic E-state index is 0.0314. The predicted octanol–water partition coefficient (Wildman–Crippen LogP) is 7.57. The second kappa shape index (κ2) is 11.0. The Morgan fingerprint density at radius 3 is 2.43 bits per heavy atom. The lowest BCUT2D eigenvalue weighted by Gasteiger charge is -2.27. The number of hydrogen-bond acceptors (Lipinski definition) is 2. The van der Waals surface area contributed by atoms with Crippen LogP contribution in [0.25, 0.3) is 0 Å². The van der Waals surface area contributed by atoms with Gasteiger partial charge in [0.1, 0.15) is 5.75 Å². The fraction of sp³-hybridized carbons (Fsp3) is 0.417. The zero-order valence-corrected chi connectivity index (χ0v) is 18.3. The Balaban J connectivity index is 1.36. The quantitative estimate of drug-likeness (QED) is 0.285. The van der Waals surface area contributed by atoms with E-state index in [1.807, 2.05) is 18.2 Å². The summed E-state index contributed by atoms with van der Waals surface area (Å²) in [5, 5.41) is 0. The summed E-state index contributed by atoms with van der Waals surface area (Å²) in [4.78, 5) is 0. The van der Waals surface area contributed by atoms with Crippen LogP contribution in [0.3, 0.4) is 0 Å². The van der Waals surface area contributed by atoms with Crippen LogP contribution in [0, 0.1) is 5.92 Å². The number of benzene rings is 2. The van der Waals surface area contributed by atoms with Crippen LogP contribution in [0.2, 0.25) is 0 Å². The molecule has 1 aliphatic carbocycles. The zero-order chi connectivity index (χ0) is 21.4. The van der Waals surface area contributed by atoms with Gasteiger partial charge in [-0.3, -0.25) is 0 Å². The molecular weight excluding hydrogens is 457 g/mol. The largest absolute Gasteiger partial charge is 0.490 e. The van der Waals surface area contributed by atoms with Crippen molar-refractivity contribution in [3.05, 3.63) is 76.3 Å². The molecule has 3 rings (SSSR count). The first kappa shape index (κ1) is 22.9. The molecule has 1 fully saturated rings. The van der Waals surface area contributed by atoms with E-state index in [4.69, 9.17) is 9.47 Å². The molecule has 0 atom stereocenters. The normalized spacial score (nSPS) is 19.9. The van der Waals surface area contributed by atoms with Gasteiger partial charge in [-0.25, -0.2) is 0 Å². The number of alkyl halides is 3. The van der Waals surface area contributed by atoms with Crippen LogP contribution in [0.1, 0.15) is 43.2 Å².